The maximum Gasteiger partial charge on any atom is 0.226 e. The molecular formula is C15H17NO4S. The van der Waals surface area contributed by atoms with E-state index in [2.05, 4.69) is 16.3 Å². The summed E-state index contributed by atoms with van der Waals surface area (Å²) in [7, 11) is 0. The van der Waals surface area contributed by atoms with Crippen LogP contribution in [0, 0.1) is 0 Å². The minimum absolute atomic E-state index is 0.0452. The summed E-state index contributed by atoms with van der Waals surface area (Å²) in [6, 6.07) is 3.42. The van der Waals surface area contributed by atoms with Gasteiger partial charge in [-0.2, -0.15) is 11.3 Å². The van der Waals surface area contributed by atoms with Crippen molar-refractivity contribution in [2.75, 3.05) is 13.1 Å². The van der Waals surface area contributed by atoms with Gasteiger partial charge in [-0.1, -0.05) is 0 Å². The van der Waals surface area contributed by atoms with Gasteiger partial charge in [-0.05, 0) is 29.3 Å². The van der Waals surface area contributed by atoms with Gasteiger partial charge in [0, 0.05) is 19.2 Å². The largest absolute Gasteiger partial charge is 0.502 e. The van der Waals surface area contributed by atoms with Crippen molar-refractivity contribution in [3.8, 4) is 5.75 Å². The van der Waals surface area contributed by atoms with Crippen LogP contribution in [0.5, 0.6) is 5.75 Å². The summed E-state index contributed by atoms with van der Waals surface area (Å²) in [6.45, 7) is 4.11. The molecule has 3 heterocycles. The molecule has 1 N–H and O–H groups in total. The van der Waals surface area contributed by atoms with E-state index in [4.69, 9.17) is 9.15 Å². The van der Waals surface area contributed by atoms with E-state index in [0.717, 1.165) is 19.4 Å². The number of thiophene rings is 1. The van der Waals surface area contributed by atoms with E-state index >= 15 is 0 Å². The predicted octanol–water partition coefficient (Wildman–Crippen LogP) is 2.37. The molecule has 0 bridgehead atoms. The minimum Gasteiger partial charge on any atom is -0.502 e. The standard InChI is InChI=1S/C15H17NO4S/c1-10-5-16(6-12-4-13(17)14(18)8-19-12)7-15(20-10)11-2-3-21-9-11/h2-4,8-10,15,18H,5-7H2,1H3/t10-,15-/m0/s1. The van der Waals surface area contributed by atoms with Crippen molar-refractivity contribution >= 4 is 11.3 Å². The molecule has 1 aliphatic heterocycles. The molecular weight excluding hydrogens is 290 g/mol. The highest BCUT2D eigenvalue weighted by Crippen LogP contribution is 2.27. The summed E-state index contributed by atoms with van der Waals surface area (Å²) < 4.78 is 11.2. The van der Waals surface area contributed by atoms with Crippen molar-refractivity contribution in [3.63, 3.8) is 0 Å². The Kier molecular flexibility index (Phi) is 4.10. The van der Waals surface area contributed by atoms with Gasteiger partial charge in [0.2, 0.25) is 5.43 Å². The number of morpholine rings is 1. The van der Waals surface area contributed by atoms with Gasteiger partial charge in [-0.3, -0.25) is 9.69 Å². The number of rotatable bonds is 3. The first-order valence-electron chi connectivity index (χ1n) is 6.82. The first-order chi connectivity index (χ1) is 10.1. The van der Waals surface area contributed by atoms with Crippen LogP contribution >= 0.6 is 11.3 Å². The summed E-state index contributed by atoms with van der Waals surface area (Å²) in [5, 5.41) is 13.4. The first-order valence-corrected chi connectivity index (χ1v) is 7.76. The Labute approximate surface area is 126 Å². The molecule has 0 aliphatic carbocycles. The topological polar surface area (TPSA) is 62.9 Å². The summed E-state index contributed by atoms with van der Waals surface area (Å²) in [4.78, 5) is 13.6. The molecule has 1 fully saturated rings. The second-order valence-corrected chi connectivity index (χ2v) is 6.06. The minimum atomic E-state index is -0.410. The van der Waals surface area contributed by atoms with Crippen molar-refractivity contribution < 1.29 is 14.3 Å². The van der Waals surface area contributed by atoms with Crippen LogP contribution in [-0.4, -0.2) is 29.2 Å². The molecule has 0 amide bonds. The second-order valence-electron chi connectivity index (χ2n) is 5.28. The molecule has 0 aromatic carbocycles. The average Bonchev–Trinajstić information content (AvgIpc) is 2.96. The highest BCUT2D eigenvalue weighted by Gasteiger charge is 2.27. The van der Waals surface area contributed by atoms with Crippen molar-refractivity contribution in [3.05, 3.63) is 50.7 Å². The van der Waals surface area contributed by atoms with E-state index in [-0.39, 0.29) is 18.0 Å². The van der Waals surface area contributed by atoms with Gasteiger partial charge in [-0.25, -0.2) is 0 Å². The molecule has 2 aromatic heterocycles. The van der Waals surface area contributed by atoms with Crippen LogP contribution in [0.2, 0.25) is 0 Å². The van der Waals surface area contributed by atoms with Crippen molar-refractivity contribution in [1.29, 1.82) is 0 Å². The van der Waals surface area contributed by atoms with Crippen LogP contribution in [0.4, 0.5) is 0 Å². The summed E-state index contributed by atoms with van der Waals surface area (Å²) in [5.41, 5.74) is 0.774. The highest BCUT2D eigenvalue weighted by atomic mass is 32.1. The van der Waals surface area contributed by atoms with Gasteiger partial charge < -0.3 is 14.3 Å². The van der Waals surface area contributed by atoms with Crippen LogP contribution in [0.3, 0.4) is 0 Å². The van der Waals surface area contributed by atoms with Crippen LogP contribution in [0.1, 0.15) is 24.4 Å². The van der Waals surface area contributed by atoms with Gasteiger partial charge in [0.1, 0.15) is 12.0 Å². The number of hydrogen-bond donors (Lipinski definition) is 1. The van der Waals surface area contributed by atoms with E-state index in [9.17, 15) is 9.90 Å². The van der Waals surface area contributed by atoms with Crippen molar-refractivity contribution in [1.82, 2.24) is 4.90 Å². The Morgan fingerprint density at radius 3 is 3.05 bits per heavy atom. The molecule has 1 saturated heterocycles. The average molecular weight is 307 g/mol. The van der Waals surface area contributed by atoms with E-state index in [0.29, 0.717) is 12.3 Å². The molecule has 2 aromatic rings. The molecule has 5 nitrogen and oxygen atoms in total. The number of ether oxygens (including phenoxy) is 1. The smallest absolute Gasteiger partial charge is 0.226 e. The summed E-state index contributed by atoms with van der Waals surface area (Å²) in [6.07, 6.45) is 1.26. The highest BCUT2D eigenvalue weighted by molar-refractivity contribution is 7.07. The third kappa shape index (κ3) is 3.34. The number of nitrogens with zero attached hydrogens (tertiary/aromatic N) is 1. The van der Waals surface area contributed by atoms with E-state index in [1.54, 1.807) is 11.3 Å². The number of aromatic hydroxyl groups is 1. The van der Waals surface area contributed by atoms with E-state index in [1.807, 2.05) is 12.3 Å². The van der Waals surface area contributed by atoms with Gasteiger partial charge in [0.05, 0.1) is 18.8 Å². The lowest BCUT2D eigenvalue weighted by Gasteiger charge is -2.36. The Morgan fingerprint density at radius 2 is 2.33 bits per heavy atom. The van der Waals surface area contributed by atoms with Crippen molar-refractivity contribution in [2.45, 2.75) is 25.7 Å². The molecule has 6 heteroatoms. The third-order valence-electron chi connectivity index (χ3n) is 3.50. The molecule has 2 atom stereocenters. The lowest BCUT2D eigenvalue weighted by molar-refractivity contribution is -0.0826. The molecule has 21 heavy (non-hydrogen) atoms. The molecule has 0 unspecified atom stereocenters. The normalized spacial score (nSPS) is 23.3. The van der Waals surface area contributed by atoms with Gasteiger partial charge >= 0.3 is 0 Å². The maximum atomic E-state index is 11.4. The quantitative estimate of drug-likeness (QED) is 0.943. The summed E-state index contributed by atoms with van der Waals surface area (Å²) >= 11 is 1.66. The van der Waals surface area contributed by atoms with Crippen LogP contribution < -0.4 is 5.43 Å². The molecule has 112 valence electrons. The van der Waals surface area contributed by atoms with Crippen LogP contribution in [-0.2, 0) is 11.3 Å². The molecule has 3 rings (SSSR count). The Bertz CT molecular complexity index is 652. The second kappa shape index (κ2) is 6.01. The fraction of sp³-hybridized carbons (Fsp3) is 0.400. The fourth-order valence-electron chi connectivity index (χ4n) is 2.56. The fourth-order valence-corrected chi connectivity index (χ4v) is 3.26. The first kappa shape index (κ1) is 14.3. The molecule has 0 spiro atoms. The molecule has 0 saturated carbocycles. The molecule has 0 radical (unpaired) electrons. The third-order valence-corrected chi connectivity index (χ3v) is 4.20. The van der Waals surface area contributed by atoms with E-state index in [1.165, 1.54) is 11.6 Å². The Morgan fingerprint density at radius 1 is 1.48 bits per heavy atom. The van der Waals surface area contributed by atoms with E-state index < -0.39 is 5.43 Å². The Balaban J connectivity index is 1.72. The zero-order chi connectivity index (χ0) is 14.8. The van der Waals surface area contributed by atoms with Crippen LogP contribution in [0.15, 0.2) is 38.4 Å². The van der Waals surface area contributed by atoms with Gasteiger partial charge in [-0.15, -0.1) is 0 Å². The van der Waals surface area contributed by atoms with Gasteiger partial charge in [0.25, 0.3) is 0 Å². The Hall–Kier alpha value is -1.63. The predicted molar refractivity (Wildman–Crippen MR) is 79.5 cm³/mol. The lowest BCUT2D eigenvalue weighted by Crippen LogP contribution is -2.42. The zero-order valence-electron chi connectivity index (χ0n) is 11.7. The summed E-state index contributed by atoms with van der Waals surface area (Å²) in [5.74, 6) is 0.196. The lowest BCUT2D eigenvalue weighted by atomic mass is 10.1. The van der Waals surface area contributed by atoms with Gasteiger partial charge in [0.15, 0.2) is 5.75 Å². The number of hydrogen-bond acceptors (Lipinski definition) is 6. The SMILES string of the molecule is C[C@H]1CN(Cc2cc(=O)c(O)co2)C[C@@H](c2ccsc2)O1. The zero-order valence-corrected chi connectivity index (χ0v) is 12.5. The maximum absolute atomic E-state index is 11.4. The van der Waals surface area contributed by atoms with Crippen LogP contribution in [0.25, 0.3) is 0 Å². The van der Waals surface area contributed by atoms with Crippen molar-refractivity contribution in [2.24, 2.45) is 0 Å². The molecule has 1 aliphatic rings. The monoisotopic (exact) mass is 307 g/mol.